The van der Waals surface area contributed by atoms with Crippen molar-refractivity contribution in [3.63, 3.8) is 0 Å². The van der Waals surface area contributed by atoms with E-state index in [2.05, 4.69) is 11.9 Å². The number of hydrogen-bond donors (Lipinski definition) is 2. The van der Waals surface area contributed by atoms with Gasteiger partial charge in [0.2, 0.25) is 0 Å². The van der Waals surface area contributed by atoms with Gasteiger partial charge in [-0.25, -0.2) is 18.0 Å². The van der Waals surface area contributed by atoms with Gasteiger partial charge in [0.25, 0.3) is 11.0 Å². The normalized spacial score (nSPS) is 26.7. The molecular weight excluding hydrogens is 338 g/mol. The Labute approximate surface area is 143 Å². The van der Waals surface area contributed by atoms with Crippen molar-refractivity contribution in [2.45, 2.75) is 45.8 Å². The highest BCUT2D eigenvalue weighted by Crippen LogP contribution is 2.33. The zero-order valence-corrected chi connectivity index (χ0v) is 15.0. The quantitative estimate of drug-likeness (QED) is 0.303. The van der Waals surface area contributed by atoms with E-state index >= 15 is 0 Å². The van der Waals surface area contributed by atoms with E-state index in [1.165, 1.54) is 6.92 Å². The van der Waals surface area contributed by atoms with Gasteiger partial charge in [-0.1, -0.05) is 20.4 Å². The molecule has 1 rings (SSSR count). The van der Waals surface area contributed by atoms with Crippen LogP contribution in [0.3, 0.4) is 0 Å². The van der Waals surface area contributed by atoms with Crippen LogP contribution in [0.5, 0.6) is 0 Å². The SMILES string of the molecule is C=C(C)C(=O)OCCNC(=O)OC1C(C)CCC(C)C1O[SH](=O)=O. The molecule has 1 aliphatic carbocycles. The third kappa shape index (κ3) is 6.48. The first-order valence-electron chi connectivity index (χ1n) is 7.80. The van der Waals surface area contributed by atoms with Crippen LogP contribution >= 0.6 is 0 Å². The average molecular weight is 363 g/mol. The molecular formula is C15H25NO7S. The van der Waals surface area contributed by atoms with E-state index in [1.54, 1.807) is 0 Å². The average Bonchev–Trinajstić information content (AvgIpc) is 2.50. The van der Waals surface area contributed by atoms with Gasteiger partial charge in [0.05, 0.1) is 6.54 Å². The predicted molar refractivity (Wildman–Crippen MR) is 86.8 cm³/mol. The fraction of sp³-hybridized carbons (Fsp3) is 0.733. The van der Waals surface area contributed by atoms with Crippen molar-refractivity contribution in [3.05, 3.63) is 12.2 Å². The molecule has 9 heteroatoms. The van der Waals surface area contributed by atoms with E-state index in [1.807, 2.05) is 13.8 Å². The Kier molecular flexibility index (Phi) is 8.20. The van der Waals surface area contributed by atoms with Gasteiger partial charge in [-0.3, -0.25) is 4.18 Å². The molecule has 0 aliphatic heterocycles. The summed E-state index contributed by atoms with van der Waals surface area (Å²) >= 11 is 0. The van der Waals surface area contributed by atoms with Crippen molar-refractivity contribution < 1.29 is 31.7 Å². The standard InChI is InChI=1S/C15H25NO7S/c1-9(2)14(17)21-8-7-16-15(18)22-12-10(3)5-6-11(4)13(12)23-24(19)20/h10-13,24H,1,5-8H2,2-4H3,(H,16,18). The lowest BCUT2D eigenvalue weighted by Crippen LogP contribution is -2.47. The van der Waals surface area contributed by atoms with Crippen molar-refractivity contribution >= 4 is 23.0 Å². The van der Waals surface area contributed by atoms with E-state index in [0.29, 0.717) is 0 Å². The van der Waals surface area contributed by atoms with Crippen molar-refractivity contribution in [1.29, 1.82) is 0 Å². The number of nitrogens with one attached hydrogen (secondary N) is 1. The summed E-state index contributed by atoms with van der Waals surface area (Å²) in [7, 11) is -3.03. The maximum Gasteiger partial charge on any atom is 0.407 e. The fourth-order valence-electron chi connectivity index (χ4n) is 2.53. The van der Waals surface area contributed by atoms with Gasteiger partial charge in [0.15, 0.2) is 0 Å². The van der Waals surface area contributed by atoms with E-state index in [0.717, 1.165) is 12.8 Å². The van der Waals surface area contributed by atoms with Crippen LogP contribution in [0, 0.1) is 11.8 Å². The number of carbonyl (C=O) groups excluding carboxylic acids is 2. The van der Waals surface area contributed by atoms with Crippen LogP contribution in [0.25, 0.3) is 0 Å². The Hall–Kier alpha value is -1.61. The molecule has 1 fully saturated rings. The van der Waals surface area contributed by atoms with Crippen LogP contribution in [-0.4, -0.2) is 45.8 Å². The topological polar surface area (TPSA) is 108 Å². The van der Waals surface area contributed by atoms with E-state index in [4.69, 9.17) is 13.7 Å². The predicted octanol–water partition coefficient (Wildman–Crippen LogP) is 1.18. The smallest absolute Gasteiger partial charge is 0.407 e. The van der Waals surface area contributed by atoms with Gasteiger partial charge in [0.1, 0.15) is 18.8 Å². The number of rotatable bonds is 7. The van der Waals surface area contributed by atoms with Gasteiger partial charge < -0.3 is 14.8 Å². The summed E-state index contributed by atoms with van der Waals surface area (Å²) in [6.45, 7) is 8.78. The highest BCUT2D eigenvalue weighted by atomic mass is 32.2. The highest BCUT2D eigenvalue weighted by molar-refractivity contribution is 7.67. The van der Waals surface area contributed by atoms with Gasteiger partial charge in [-0.05, 0) is 31.6 Å². The molecule has 0 saturated heterocycles. The fourth-order valence-corrected chi connectivity index (χ4v) is 3.06. The maximum absolute atomic E-state index is 11.9. The van der Waals surface area contributed by atoms with Crippen LogP contribution in [0.4, 0.5) is 4.79 Å². The molecule has 138 valence electrons. The second kappa shape index (κ2) is 9.63. The molecule has 4 atom stereocenters. The highest BCUT2D eigenvalue weighted by Gasteiger charge is 2.39. The van der Waals surface area contributed by atoms with E-state index in [9.17, 15) is 18.0 Å². The Morgan fingerprint density at radius 3 is 2.29 bits per heavy atom. The van der Waals surface area contributed by atoms with Crippen molar-refractivity contribution in [2.24, 2.45) is 11.8 Å². The lowest BCUT2D eigenvalue weighted by atomic mass is 9.79. The van der Waals surface area contributed by atoms with E-state index < -0.39 is 35.3 Å². The minimum absolute atomic E-state index is 0.0102. The largest absolute Gasteiger partial charge is 0.460 e. The number of ether oxygens (including phenoxy) is 2. The van der Waals surface area contributed by atoms with Crippen LogP contribution < -0.4 is 5.32 Å². The second-order valence-electron chi connectivity index (χ2n) is 6.04. The van der Waals surface area contributed by atoms with Gasteiger partial charge in [-0.15, -0.1) is 0 Å². The maximum atomic E-state index is 11.9. The summed E-state index contributed by atoms with van der Waals surface area (Å²) in [5.41, 5.74) is 0.273. The van der Waals surface area contributed by atoms with Crippen LogP contribution in [0.2, 0.25) is 0 Å². The lowest BCUT2D eigenvalue weighted by molar-refractivity contribution is -0.138. The van der Waals surface area contributed by atoms with Crippen molar-refractivity contribution in [1.82, 2.24) is 5.32 Å². The van der Waals surface area contributed by atoms with Gasteiger partial charge >= 0.3 is 12.1 Å². The number of alkyl carbamates (subject to hydrolysis) is 1. The lowest BCUT2D eigenvalue weighted by Gasteiger charge is -2.38. The molecule has 0 aromatic rings. The summed E-state index contributed by atoms with van der Waals surface area (Å²) in [5.74, 6) is -0.593. The Bertz CT molecular complexity index is 538. The monoisotopic (exact) mass is 363 g/mol. The molecule has 1 saturated carbocycles. The summed E-state index contributed by atoms with van der Waals surface area (Å²) in [6.07, 6.45) is -0.443. The molecule has 0 bridgehead atoms. The molecule has 24 heavy (non-hydrogen) atoms. The first-order chi connectivity index (χ1) is 11.2. The molecule has 0 heterocycles. The summed E-state index contributed by atoms with van der Waals surface area (Å²) in [6, 6.07) is 0. The molecule has 1 N–H and O–H groups in total. The minimum Gasteiger partial charge on any atom is -0.460 e. The summed E-state index contributed by atoms with van der Waals surface area (Å²) < 4.78 is 36.9. The Balaban J connectivity index is 2.49. The molecule has 0 spiro atoms. The zero-order valence-electron chi connectivity index (χ0n) is 14.1. The van der Waals surface area contributed by atoms with Gasteiger partial charge in [0, 0.05) is 5.57 Å². The first-order valence-corrected chi connectivity index (χ1v) is 8.90. The summed E-state index contributed by atoms with van der Waals surface area (Å²) in [5, 5.41) is 2.46. The number of thiol groups is 1. The molecule has 4 unspecified atom stereocenters. The molecule has 0 aromatic carbocycles. The number of hydrogen-bond acceptors (Lipinski definition) is 7. The molecule has 1 amide bonds. The molecule has 0 radical (unpaired) electrons. The molecule has 1 aliphatic rings. The Morgan fingerprint density at radius 2 is 1.75 bits per heavy atom. The number of amides is 1. The summed E-state index contributed by atoms with van der Waals surface area (Å²) in [4.78, 5) is 23.1. The zero-order chi connectivity index (χ0) is 18.3. The number of carbonyl (C=O) groups is 2. The van der Waals surface area contributed by atoms with Crippen LogP contribution in [-0.2, 0) is 29.4 Å². The molecule has 0 aromatic heterocycles. The second-order valence-corrected chi connectivity index (χ2v) is 6.70. The third-order valence-electron chi connectivity index (χ3n) is 3.93. The third-order valence-corrected chi connectivity index (χ3v) is 4.34. The van der Waals surface area contributed by atoms with E-state index in [-0.39, 0.29) is 30.6 Å². The Morgan fingerprint density at radius 1 is 1.17 bits per heavy atom. The van der Waals surface area contributed by atoms with Crippen molar-refractivity contribution in [2.75, 3.05) is 13.2 Å². The first kappa shape index (κ1) is 20.4. The number of esters is 1. The van der Waals surface area contributed by atoms with Crippen LogP contribution in [0.1, 0.15) is 33.6 Å². The molecule has 8 nitrogen and oxygen atoms in total. The minimum atomic E-state index is -3.03. The van der Waals surface area contributed by atoms with Crippen LogP contribution in [0.15, 0.2) is 12.2 Å². The van der Waals surface area contributed by atoms with Crippen molar-refractivity contribution in [3.8, 4) is 0 Å². The van der Waals surface area contributed by atoms with Gasteiger partial charge in [-0.2, -0.15) is 0 Å².